The molecule has 2 aromatic carbocycles. The molecule has 0 N–H and O–H groups in total. The number of carbonyl (C=O) groups is 1. The number of oxazole rings is 1. The summed E-state index contributed by atoms with van der Waals surface area (Å²) in [6.45, 7) is 1.26. The lowest BCUT2D eigenvalue weighted by Gasteiger charge is -2.25. The summed E-state index contributed by atoms with van der Waals surface area (Å²) in [6, 6.07) is 15.4. The Labute approximate surface area is 163 Å². The van der Waals surface area contributed by atoms with Crippen LogP contribution >= 0.6 is 0 Å². The van der Waals surface area contributed by atoms with Gasteiger partial charge in [-0.2, -0.15) is 0 Å². The Balaban J connectivity index is 1.40. The predicted octanol–water partition coefficient (Wildman–Crippen LogP) is 3.75. The zero-order chi connectivity index (χ0) is 19.5. The summed E-state index contributed by atoms with van der Waals surface area (Å²) in [5.74, 6) is 0.586. The van der Waals surface area contributed by atoms with E-state index in [1.165, 1.54) is 0 Å². The van der Waals surface area contributed by atoms with E-state index in [0.717, 1.165) is 36.2 Å². The van der Waals surface area contributed by atoms with Crippen LogP contribution in [-0.4, -0.2) is 29.0 Å². The molecule has 6 heteroatoms. The van der Waals surface area contributed by atoms with Gasteiger partial charge in [-0.1, -0.05) is 24.3 Å². The molecule has 1 amide bonds. The summed E-state index contributed by atoms with van der Waals surface area (Å²) in [5.41, 5.74) is 2.50. The van der Waals surface area contributed by atoms with E-state index in [9.17, 15) is 9.59 Å². The zero-order valence-electron chi connectivity index (χ0n) is 16.0. The van der Waals surface area contributed by atoms with E-state index in [0.29, 0.717) is 25.0 Å². The van der Waals surface area contributed by atoms with Crippen molar-refractivity contribution in [3.63, 3.8) is 0 Å². The van der Waals surface area contributed by atoms with Crippen molar-refractivity contribution in [2.75, 3.05) is 13.7 Å². The van der Waals surface area contributed by atoms with Crippen LogP contribution in [0.25, 0.3) is 11.1 Å². The van der Waals surface area contributed by atoms with E-state index < -0.39 is 0 Å². The summed E-state index contributed by atoms with van der Waals surface area (Å²) in [4.78, 5) is 26.8. The minimum atomic E-state index is -0.370. The number of methoxy groups -OCH3 is 1. The highest BCUT2D eigenvalue weighted by Crippen LogP contribution is 2.33. The maximum absolute atomic E-state index is 12.8. The van der Waals surface area contributed by atoms with Crippen LogP contribution in [0.15, 0.2) is 57.7 Å². The number of benzene rings is 2. The van der Waals surface area contributed by atoms with E-state index in [1.54, 1.807) is 17.7 Å². The first-order valence-corrected chi connectivity index (χ1v) is 9.69. The molecule has 1 aromatic heterocycles. The molecule has 2 heterocycles. The number of rotatable bonds is 6. The first kappa shape index (κ1) is 18.3. The summed E-state index contributed by atoms with van der Waals surface area (Å²) in [6.07, 6.45) is 3.00. The highest BCUT2D eigenvalue weighted by Gasteiger charge is 2.29. The molecule has 0 bridgehead atoms. The van der Waals surface area contributed by atoms with Crippen molar-refractivity contribution in [1.82, 2.24) is 9.47 Å². The quantitative estimate of drug-likeness (QED) is 0.653. The van der Waals surface area contributed by atoms with Crippen molar-refractivity contribution in [2.24, 2.45) is 0 Å². The van der Waals surface area contributed by atoms with Gasteiger partial charge in [0.25, 0.3) is 0 Å². The molecule has 146 valence electrons. The molecule has 1 aliphatic rings. The van der Waals surface area contributed by atoms with Crippen LogP contribution in [0.4, 0.5) is 0 Å². The molecule has 0 aliphatic carbocycles. The minimum Gasteiger partial charge on any atom is -0.497 e. The number of likely N-dealkylation sites (tertiary alicyclic amines) is 1. The Morgan fingerprint density at radius 1 is 1.18 bits per heavy atom. The number of aryl methyl sites for hydroxylation is 1. The van der Waals surface area contributed by atoms with Crippen LogP contribution in [0.1, 0.15) is 37.3 Å². The number of nitrogens with zero attached hydrogens (tertiary/aromatic N) is 2. The molecule has 3 aromatic rings. The van der Waals surface area contributed by atoms with Gasteiger partial charge >= 0.3 is 5.76 Å². The molecule has 4 rings (SSSR count). The normalized spacial score (nSPS) is 16.6. The van der Waals surface area contributed by atoms with Crippen molar-refractivity contribution in [3.05, 3.63) is 64.6 Å². The number of hydrogen-bond acceptors (Lipinski definition) is 4. The van der Waals surface area contributed by atoms with Crippen LogP contribution in [0.2, 0.25) is 0 Å². The Bertz CT molecular complexity index is 1020. The summed E-state index contributed by atoms with van der Waals surface area (Å²) < 4.78 is 12.1. The topological polar surface area (TPSA) is 64.7 Å². The fraction of sp³-hybridized carbons (Fsp3) is 0.364. The lowest BCUT2D eigenvalue weighted by Crippen LogP contribution is -2.30. The van der Waals surface area contributed by atoms with Crippen molar-refractivity contribution in [1.29, 1.82) is 0 Å². The number of aromatic nitrogens is 1. The number of fused-ring (bicyclic) bond motifs is 1. The van der Waals surface area contributed by atoms with Crippen molar-refractivity contribution >= 4 is 17.0 Å². The number of hydrogen-bond donors (Lipinski definition) is 0. The SMILES string of the molecule is COc1ccc(C2CCCN2C(=O)CCCn2c(=O)oc3ccccc32)cc1. The molecule has 0 spiro atoms. The van der Waals surface area contributed by atoms with Gasteiger partial charge in [0.05, 0.1) is 18.7 Å². The molecule has 1 unspecified atom stereocenters. The molecule has 0 radical (unpaired) electrons. The van der Waals surface area contributed by atoms with Crippen molar-refractivity contribution in [2.45, 2.75) is 38.3 Å². The lowest BCUT2D eigenvalue weighted by atomic mass is 10.0. The Morgan fingerprint density at radius 3 is 2.75 bits per heavy atom. The van der Waals surface area contributed by atoms with Crippen molar-refractivity contribution in [3.8, 4) is 5.75 Å². The second kappa shape index (κ2) is 7.92. The van der Waals surface area contributed by atoms with Gasteiger partial charge in [-0.15, -0.1) is 0 Å². The second-order valence-corrected chi connectivity index (χ2v) is 7.11. The molecule has 1 atom stereocenters. The molecule has 28 heavy (non-hydrogen) atoms. The highest BCUT2D eigenvalue weighted by atomic mass is 16.5. The fourth-order valence-corrected chi connectivity index (χ4v) is 4.00. The van der Waals surface area contributed by atoms with E-state index >= 15 is 0 Å². The maximum Gasteiger partial charge on any atom is 0.419 e. The molecule has 1 aliphatic heterocycles. The Morgan fingerprint density at radius 2 is 1.96 bits per heavy atom. The van der Waals surface area contributed by atoms with E-state index in [2.05, 4.69) is 0 Å². The monoisotopic (exact) mass is 380 g/mol. The maximum atomic E-state index is 12.8. The smallest absolute Gasteiger partial charge is 0.419 e. The van der Waals surface area contributed by atoms with Crippen LogP contribution in [0.5, 0.6) is 5.75 Å². The summed E-state index contributed by atoms with van der Waals surface area (Å²) >= 11 is 0. The van der Waals surface area contributed by atoms with Gasteiger partial charge in [0.15, 0.2) is 5.58 Å². The Kier molecular flexibility index (Phi) is 5.19. The van der Waals surface area contributed by atoms with Gasteiger partial charge in [-0.05, 0) is 49.1 Å². The van der Waals surface area contributed by atoms with Gasteiger partial charge in [0, 0.05) is 19.5 Å². The summed E-state index contributed by atoms with van der Waals surface area (Å²) in [7, 11) is 1.65. The number of amides is 1. The lowest BCUT2D eigenvalue weighted by molar-refractivity contribution is -0.132. The number of ether oxygens (including phenoxy) is 1. The second-order valence-electron chi connectivity index (χ2n) is 7.11. The van der Waals surface area contributed by atoms with E-state index in [1.807, 2.05) is 47.4 Å². The molecular weight excluding hydrogens is 356 g/mol. The number of para-hydroxylation sites is 2. The van der Waals surface area contributed by atoms with E-state index in [-0.39, 0.29) is 17.7 Å². The third kappa shape index (κ3) is 3.54. The third-order valence-corrected chi connectivity index (χ3v) is 5.42. The van der Waals surface area contributed by atoms with Crippen LogP contribution in [-0.2, 0) is 11.3 Å². The van der Waals surface area contributed by atoms with Gasteiger partial charge in [0.2, 0.25) is 5.91 Å². The van der Waals surface area contributed by atoms with Gasteiger partial charge in [0.1, 0.15) is 5.75 Å². The fourth-order valence-electron chi connectivity index (χ4n) is 4.00. The molecule has 1 fully saturated rings. The van der Waals surface area contributed by atoms with Gasteiger partial charge in [-0.3, -0.25) is 9.36 Å². The third-order valence-electron chi connectivity index (χ3n) is 5.42. The van der Waals surface area contributed by atoms with Crippen LogP contribution in [0.3, 0.4) is 0 Å². The Hall–Kier alpha value is -3.02. The molecule has 1 saturated heterocycles. The van der Waals surface area contributed by atoms with Crippen LogP contribution in [0, 0.1) is 0 Å². The first-order valence-electron chi connectivity index (χ1n) is 9.69. The van der Waals surface area contributed by atoms with Gasteiger partial charge in [-0.25, -0.2) is 4.79 Å². The predicted molar refractivity (Wildman–Crippen MR) is 106 cm³/mol. The standard InChI is InChI=1S/C22H24N2O4/c1-27-17-12-10-16(11-13-17)18-7-4-14-23(18)21(25)9-5-15-24-19-6-2-3-8-20(19)28-22(24)26/h2-3,6,8,10-13,18H,4-5,7,9,14-15H2,1H3. The zero-order valence-corrected chi connectivity index (χ0v) is 16.0. The highest BCUT2D eigenvalue weighted by molar-refractivity contribution is 5.77. The van der Waals surface area contributed by atoms with E-state index in [4.69, 9.17) is 9.15 Å². The molecule has 6 nitrogen and oxygen atoms in total. The van der Waals surface area contributed by atoms with Gasteiger partial charge < -0.3 is 14.1 Å². The summed E-state index contributed by atoms with van der Waals surface area (Å²) in [5, 5.41) is 0. The average molecular weight is 380 g/mol. The van der Waals surface area contributed by atoms with Crippen molar-refractivity contribution < 1.29 is 13.9 Å². The molecular formula is C22H24N2O4. The average Bonchev–Trinajstić information content (AvgIpc) is 3.33. The minimum absolute atomic E-state index is 0.121. The largest absolute Gasteiger partial charge is 0.497 e. The number of carbonyl (C=O) groups excluding carboxylic acids is 1. The van der Waals surface area contributed by atoms with Crippen LogP contribution < -0.4 is 10.5 Å². The molecule has 0 saturated carbocycles. The first-order chi connectivity index (χ1) is 13.7.